The first-order valence-electron chi connectivity index (χ1n) is 12.9. The van der Waals surface area contributed by atoms with Crippen LogP contribution in [-0.2, 0) is 20.6 Å². The van der Waals surface area contributed by atoms with Crippen LogP contribution in [0, 0.1) is 24.3 Å². The number of nitrogens with one attached hydrogen (secondary N) is 1. The highest BCUT2D eigenvalue weighted by Gasteiger charge is 2.28. The van der Waals surface area contributed by atoms with E-state index >= 15 is 0 Å². The van der Waals surface area contributed by atoms with E-state index in [0.29, 0.717) is 35.6 Å². The van der Waals surface area contributed by atoms with Crippen LogP contribution in [0.4, 0.5) is 5.69 Å². The van der Waals surface area contributed by atoms with Crippen molar-refractivity contribution in [1.82, 2.24) is 5.32 Å². The topological polar surface area (TPSA) is 134 Å². The number of phosphoric ester groups is 1. The highest BCUT2D eigenvalue weighted by molar-refractivity contribution is 7.46. The van der Waals surface area contributed by atoms with Crippen LogP contribution in [-0.4, -0.2) is 33.3 Å². The zero-order valence-electron chi connectivity index (χ0n) is 22.8. The van der Waals surface area contributed by atoms with E-state index in [1.807, 2.05) is 27.7 Å². The number of amides is 1. The van der Waals surface area contributed by atoms with Gasteiger partial charge in [0, 0.05) is 24.3 Å². The summed E-state index contributed by atoms with van der Waals surface area (Å²) in [5, 5.41) is 2.90. The molecule has 0 heterocycles. The van der Waals surface area contributed by atoms with Crippen molar-refractivity contribution in [2.45, 2.75) is 65.8 Å². The second kappa shape index (κ2) is 14.7. The summed E-state index contributed by atoms with van der Waals surface area (Å²) in [6, 6.07) is 11.4. The molecule has 2 rings (SSSR count). The van der Waals surface area contributed by atoms with Gasteiger partial charge in [0.05, 0.1) is 12.6 Å². The van der Waals surface area contributed by atoms with Crippen LogP contribution in [0.5, 0.6) is 5.75 Å². The molecule has 0 aliphatic rings. The van der Waals surface area contributed by atoms with Crippen LogP contribution in [0.1, 0.15) is 69.3 Å². The van der Waals surface area contributed by atoms with Gasteiger partial charge in [0.2, 0.25) is 5.91 Å². The Labute approximate surface area is 230 Å². The lowest BCUT2D eigenvalue weighted by molar-refractivity contribution is -0.130. The van der Waals surface area contributed by atoms with E-state index < -0.39 is 25.7 Å². The summed E-state index contributed by atoms with van der Waals surface area (Å²) in [5.74, 6) is -1.05. The Morgan fingerprint density at radius 2 is 1.59 bits per heavy atom. The number of hydrogen-bond acceptors (Lipinski definition) is 5. The van der Waals surface area contributed by atoms with E-state index in [2.05, 4.69) is 14.7 Å². The monoisotopic (exact) mass is 556 g/mol. The van der Waals surface area contributed by atoms with E-state index in [0.717, 1.165) is 6.42 Å². The second-order valence-corrected chi connectivity index (χ2v) is 11.7. The number of carbonyl (C=O) groups excluding carboxylic acids is 3. The van der Waals surface area contributed by atoms with Gasteiger partial charge in [0.1, 0.15) is 5.75 Å². The van der Waals surface area contributed by atoms with Crippen LogP contribution in [0.15, 0.2) is 48.5 Å². The molecule has 3 N–H and O–H groups in total. The van der Waals surface area contributed by atoms with E-state index in [4.69, 9.17) is 16.4 Å². The minimum atomic E-state index is -4.71. The second-order valence-electron chi connectivity index (χ2n) is 10.5. The highest BCUT2D eigenvalue weighted by atomic mass is 31.2. The van der Waals surface area contributed by atoms with Gasteiger partial charge in [-0.3, -0.25) is 24.2 Å². The summed E-state index contributed by atoms with van der Waals surface area (Å²) in [6.07, 6.45) is 1.58. The third-order valence-electron chi connectivity index (χ3n) is 6.13. The number of Topliss-reactive ketones (excluding diaryl/α,β-unsaturated/α-hetero) is 2. The standard InChI is InChI=1S/C29H37N2O7P/c1-19(2)6-15-27(32)26(16-20(3)4)31-29(34)23(18-28(33)22-9-11-24(30-5)12-10-22)17-21-7-13-25(14-8-21)38-39(35,36)37/h7-14,19-20,23,26H,6,15-18H2,1-4H3,(H,31,34)(H2,35,36,37). The van der Waals surface area contributed by atoms with Crippen molar-refractivity contribution in [2.24, 2.45) is 17.8 Å². The van der Waals surface area contributed by atoms with Crippen LogP contribution in [0.3, 0.4) is 0 Å². The summed E-state index contributed by atoms with van der Waals surface area (Å²) >= 11 is 0. The van der Waals surface area contributed by atoms with Gasteiger partial charge in [0.15, 0.2) is 17.3 Å². The van der Waals surface area contributed by atoms with Crippen molar-refractivity contribution in [3.05, 3.63) is 71.1 Å². The van der Waals surface area contributed by atoms with Gasteiger partial charge in [-0.25, -0.2) is 9.41 Å². The van der Waals surface area contributed by atoms with Crippen molar-refractivity contribution in [3.63, 3.8) is 0 Å². The van der Waals surface area contributed by atoms with Gasteiger partial charge in [-0.2, -0.15) is 0 Å². The Bertz CT molecular complexity index is 1210. The summed E-state index contributed by atoms with van der Waals surface area (Å²) in [4.78, 5) is 61.0. The third-order valence-corrected chi connectivity index (χ3v) is 6.58. The molecule has 2 atom stereocenters. The summed E-state index contributed by atoms with van der Waals surface area (Å²) in [7, 11) is -4.71. The van der Waals surface area contributed by atoms with E-state index in [-0.39, 0.29) is 36.1 Å². The number of ketones is 2. The van der Waals surface area contributed by atoms with E-state index in [1.165, 1.54) is 12.1 Å². The van der Waals surface area contributed by atoms with E-state index in [1.54, 1.807) is 36.4 Å². The zero-order valence-corrected chi connectivity index (χ0v) is 23.7. The molecule has 2 aromatic rings. The minimum absolute atomic E-state index is 0.0307. The third kappa shape index (κ3) is 11.5. The van der Waals surface area contributed by atoms with Gasteiger partial charge in [-0.05, 0) is 48.8 Å². The maximum absolute atomic E-state index is 13.5. The molecule has 0 radical (unpaired) electrons. The Hall–Kier alpha value is -3.31. The Morgan fingerprint density at radius 3 is 2.10 bits per heavy atom. The molecule has 0 aliphatic heterocycles. The predicted molar refractivity (Wildman–Crippen MR) is 148 cm³/mol. The maximum Gasteiger partial charge on any atom is 0.524 e. The molecule has 2 unspecified atom stereocenters. The SMILES string of the molecule is [C-]#[N+]c1ccc(C(=O)CC(Cc2ccc(OP(=O)(O)O)cc2)C(=O)NC(CC(C)C)C(=O)CCC(C)C)cc1. The molecule has 39 heavy (non-hydrogen) atoms. The van der Waals surface area contributed by atoms with E-state index in [9.17, 15) is 18.9 Å². The van der Waals surface area contributed by atoms with Gasteiger partial charge < -0.3 is 9.84 Å². The molecule has 9 nitrogen and oxygen atoms in total. The molecule has 0 fully saturated rings. The van der Waals surface area contributed by atoms with Crippen molar-refractivity contribution >= 4 is 31.0 Å². The smallest absolute Gasteiger partial charge is 0.404 e. The number of nitrogens with zero attached hydrogens (tertiary/aromatic N) is 1. The Kier molecular flexibility index (Phi) is 12.1. The minimum Gasteiger partial charge on any atom is -0.404 e. The average Bonchev–Trinajstić information content (AvgIpc) is 2.86. The molecule has 1 amide bonds. The molecule has 0 saturated carbocycles. The zero-order chi connectivity index (χ0) is 29.2. The van der Waals surface area contributed by atoms with Crippen molar-refractivity contribution < 1.29 is 33.3 Å². The van der Waals surface area contributed by atoms with Gasteiger partial charge in [-0.1, -0.05) is 64.1 Å². The lowest BCUT2D eigenvalue weighted by atomic mass is 9.90. The molecular formula is C29H37N2O7P. The van der Waals surface area contributed by atoms with Crippen molar-refractivity contribution in [1.29, 1.82) is 0 Å². The van der Waals surface area contributed by atoms with Crippen LogP contribution < -0.4 is 9.84 Å². The number of phosphoric acid groups is 1. The van der Waals surface area contributed by atoms with Crippen LogP contribution in [0.25, 0.3) is 4.85 Å². The molecule has 0 bridgehead atoms. The lowest BCUT2D eigenvalue weighted by Gasteiger charge is -2.24. The summed E-state index contributed by atoms with van der Waals surface area (Å²) in [5.41, 5.74) is 1.42. The van der Waals surface area contributed by atoms with Crippen molar-refractivity contribution in [3.8, 4) is 5.75 Å². The fourth-order valence-electron chi connectivity index (χ4n) is 4.07. The lowest BCUT2D eigenvalue weighted by Crippen LogP contribution is -2.45. The first-order valence-corrected chi connectivity index (χ1v) is 14.5. The fraction of sp³-hybridized carbons (Fsp3) is 0.448. The fourth-order valence-corrected chi connectivity index (χ4v) is 4.46. The molecule has 2 aromatic carbocycles. The normalized spacial score (nSPS) is 13.0. The largest absolute Gasteiger partial charge is 0.524 e. The van der Waals surface area contributed by atoms with Crippen LogP contribution >= 0.6 is 7.82 Å². The highest BCUT2D eigenvalue weighted by Crippen LogP contribution is 2.37. The average molecular weight is 557 g/mol. The molecule has 10 heteroatoms. The number of benzene rings is 2. The molecule has 0 aromatic heterocycles. The molecular weight excluding hydrogens is 519 g/mol. The number of hydrogen-bond donors (Lipinski definition) is 3. The Balaban J connectivity index is 2.28. The number of rotatable bonds is 15. The Morgan fingerprint density at radius 1 is 0.974 bits per heavy atom. The molecule has 210 valence electrons. The van der Waals surface area contributed by atoms with Gasteiger partial charge in [-0.15, -0.1) is 0 Å². The van der Waals surface area contributed by atoms with Crippen LogP contribution in [0.2, 0.25) is 0 Å². The first kappa shape index (κ1) is 31.9. The predicted octanol–water partition coefficient (Wildman–Crippen LogP) is 5.68. The number of carbonyl (C=O) groups is 3. The molecule has 0 spiro atoms. The quantitative estimate of drug-likeness (QED) is 0.146. The van der Waals surface area contributed by atoms with Crippen molar-refractivity contribution in [2.75, 3.05) is 0 Å². The maximum atomic E-state index is 13.5. The molecule has 0 aliphatic carbocycles. The first-order chi connectivity index (χ1) is 18.3. The van der Waals surface area contributed by atoms with Gasteiger partial charge >= 0.3 is 7.82 Å². The summed E-state index contributed by atoms with van der Waals surface area (Å²) < 4.78 is 15.7. The van der Waals surface area contributed by atoms with Gasteiger partial charge in [0.25, 0.3) is 0 Å². The molecule has 0 saturated heterocycles. The summed E-state index contributed by atoms with van der Waals surface area (Å²) in [6.45, 7) is 15.1.